The fourth-order valence-corrected chi connectivity index (χ4v) is 3.41. The number of hydrogen-bond acceptors (Lipinski definition) is 5. The molecule has 2 atom stereocenters. The van der Waals surface area contributed by atoms with Gasteiger partial charge in [-0.15, -0.1) is 0 Å². The van der Waals surface area contributed by atoms with Crippen LogP contribution in [0.1, 0.15) is 17.5 Å². The maximum Gasteiger partial charge on any atom is 0.407 e. The highest BCUT2D eigenvalue weighted by Gasteiger charge is 2.22. The summed E-state index contributed by atoms with van der Waals surface area (Å²) in [4.78, 5) is 35.7. The summed E-state index contributed by atoms with van der Waals surface area (Å²) in [6.07, 6.45) is -2.19. The van der Waals surface area contributed by atoms with Gasteiger partial charge in [0.25, 0.3) is 0 Å². The highest BCUT2D eigenvalue weighted by Crippen LogP contribution is 2.19. The molecule has 0 fully saturated rings. The lowest BCUT2D eigenvalue weighted by atomic mass is 10.0. The van der Waals surface area contributed by atoms with Crippen LogP contribution in [0.3, 0.4) is 0 Å². The summed E-state index contributed by atoms with van der Waals surface area (Å²) >= 11 is 0. The molecule has 8 nitrogen and oxygen atoms in total. The van der Waals surface area contributed by atoms with Gasteiger partial charge in [-0.2, -0.15) is 0 Å². The minimum Gasteiger partial charge on any atom is -0.480 e. The van der Waals surface area contributed by atoms with E-state index in [-0.39, 0.29) is 26.0 Å². The van der Waals surface area contributed by atoms with Crippen molar-refractivity contribution in [3.8, 4) is 11.1 Å². The Morgan fingerprint density at radius 3 is 2.03 bits per heavy atom. The van der Waals surface area contributed by atoms with Crippen molar-refractivity contribution < 1.29 is 29.3 Å². The molecule has 8 heteroatoms. The topological polar surface area (TPSA) is 125 Å². The molecule has 0 aliphatic rings. The van der Waals surface area contributed by atoms with E-state index in [4.69, 9.17) is 4.74 Å². The van der Waals surface area contributed by atoms with Crippen molar-refractivity contribution in [3.63, 3.8) is 0 Å². The molecule has 3 aromatic carbocycles. The molecule has 0 unspecified atom stereocenters. The quantitative estimate of drug-likeness (QED) is 0.337. The monoisotopic (exact) mass is 476 g/mol. The van der Waals surface area contributed by atoms with E-state index in [0.29, 0.717) is 0 Å². The first-order valence-electron chi connectivity index (χ1n) is 11.2. The van der Waals surface area contributed by atoms with Gasteiger partial charge in [0.2, 0.25) is 5.91 Å². The van der Waals surface area contributed by atoms with Crippen LogP contribution in [0.15, 0.2) is 84.9 Å². The van der Waals surface area contributed by atoms with E-state index in [1.54, 1.807) is 0 Å². The average molecular weight is 477 g/mol. The zero-order valence-electron chi connectivity index (χ0n) is 19.1. The number of carboxylic acid groups (broad SMARTS) is 1. The lowest BCUT2D eigenvalue weighted by Gasteiger charge is -2.17. The number of nitrogens with one attached hydrogen (secondary N) is 2. The molecule has 0 saturated carbocycles. The second-order valence-electron chi connectivity index (χ2n) is 8.03. The van der Waals surface area contributed by atoms with Gasteiger partial charge in [0.1, 0.15) is 12.6 Å². The van der Waals surface area contributed by atoms with Crippen LogP contribution >= 0.6 is 0 Å². The second kappa shape index (κ2) is 12.9. The first-order valence-corrected chi connectivity index (χ1v) is 11.2. The van der Waals surface area contributed by atoms with Crippen molar-refractivity contribution in [1.82, 2.24) is 10.6 Å². The molecule has 0 aliphatic heterocycles. The third-order valence-corrected chi connectivity index (χ3v) is 5.25. The second-order valence-corrected chi connectivity index (χ2v) is 8.03. The fourth-order valence-electron chi connectivity index (χ4n) is 3.41. The number of hydrogen-bond donors (Lipinski definition) is 4. The predicted octanol–water partition coefficient (Wildman–Crippen LogP) is 3.14. The molecule has 35 heavy (non-hydrogen) atoms. The Morgan fingerprint density at radius 2 is 1.40 bits per heavy atom. The molecule has 0 radical (unpaired) electrons. The zero-order chi connectivity index (χ0) is 25.0. The third-order valence-electron chi connectivity index (χ3n) is 5.25. The molecule has 0 aliphatic carbocycles. The normalized spacial score (nSPS) is 12.3. The van der Waals surface area contributed by atoms with Crippen LogP contribution in [0.4, 0.5) is 4.79 Å². The van der Waals surface area contributed by atoms with E-state index >= 15 is 0 Å². The third kappa shape index (κ3) is 8.60. The number of benzene rings is 3. The summed E-state index contributed by atoms with van der Waals surface area (Å²) in [7, 11) is 0. The summed E-state index contributed by atoms with van der Waals surface area (Å²) in [6.45, 7) is -0.129. The van der Waals surface area contributed by atoms with Crippen molar-refractivity contribution in [2.75, 3.05) is 6.54 Å². The smallest absolute Gasteiger partial charge is 0.407 e. The van der Waals surface area contributed by atoms with E-state index in [1.807, 2.05) is 84.9 Å². The van der Waals surface area contributed by atoms with Gasteiger partial charge in [0, 0.05) is 13.0 Å². The first-order chi connectivity index (χ1) is 16.9. The number of ether oxygens (including phenoxy) is 1. The molecule has 0 saturated heterocycles. The van der Waals surface area contributed by atoms with Crippen LogP contribution in [0, 0.1) is 0 Å². The SMILES string of the molecule is O=C(C[C@H](O)CNC(=O)OCc1ccccc1)N[C@H](Cc1ccc(-c2ccccc2)cc1)C(=O)O. The molecule has 4 N–H and O–H groups in total. The summed E-state index contributed by atoms with van der Waals surface area (Å²) in [5, 5.41) is 24.4. The number of carbonyl (C=O) groups excluding carboxylic acids is 2. The molecule has 2 amide bonds. The molecule has 0 spiro atoms. The van der Waals surface area contributed by atoms with Gasteiger partial charge in [-0.1, -0.05) is 84.9 Å². The van der Waals surface area contributed by atoms with Gasteiger partial charge in [0.15, 0.2) is 0 Å². The average Bonchev–Trinajstić information content (AvgIpc) is 2.87. The number of amides is 2. The van der Waals surface area contributed by atoms with Gasteiger partial charge in [-0.3, -0.25) is 4.79 Å². The number of carboxylic acids is 1. The zero-order valence-corrected chi connectivity index (χ0v) is 19.1. The van der Waals surface area contributed by atoms with Crippen LogP contribution in [0.2, 0.25) is 0 Å². The highest BCUT2D eigenvalue weighted by molar-refractivity contribution is 5.84. The van der Waals surface area contributed by atoms with Gasteiger partial charge in [0.05, 0.1) is 12.5 Å². The molecule has 0 heterocycles. The van der Waals surface area contributed by atoms with Gasteiger partial charge in [-0.05, 0) is 22.3 Å². The lowest BCUT2D eigenvalue weighted by molar-refractivity contribution is -0.142. The van der Waals surface area contributed by atoms with Crippen LogP contribution < -0.4 is 10.6 Å². The van der Waals surface area contributed by atoms with E-state index in [0.717, 1.165) is 22.3 Å². The Labute approximate surface area is 203 Å². The Morgan fingerprint density at radius 1 is 0.800 bits per heavy atom. The van der Waals surface area contributed by atoms with Crippen LogP contribution in [-0.4, -0.2) is 46.9 Å². The number of alkyl carbamates (subject to hydrolysis) is 1. The number of aliphatic hydroxyl groups is 1. The van der Waals surface area contributed by atoms with Crippen molar-refractivity contribution in [2.45, 2.75) is 31.6 Å². The van der Waals surface area contributed by atoms with E-state index < -0.39 is 30.1 Å². The number of carbonyl (C=O) groups is 3. The van der Waals surface area contributed by atoms with E-state index in [9.17, 15) is 24.6 Å². The lowest BCUT2D eigenvalue weighted by Crippen LogP contribution is -2.44. The van der Waals surface area contributed by atoms with Gasteiger partial charge in [-0.25, -0.2) is 9.59 Å². The number of aliphatic carboxylic acids is 1. The minimum atomic E-state index is -1.20. The fraction of sp³-hybridized carbons (Fsp3) is 0.222. The molecule has 3 aromatic rings. The number of rotatable bonds is 11. The first kappa shape index (κ1) is 25.5. The van der Waals surface area contributed by atoms with Crippen LogP contribution in [0.5, 0.6) is 0 Å². The van der Waals surface area contributed by atoms with Crippen LogP contribution in [0.25, 0.3) is 11.1 Å². The summed E-state index contributed by atoms with van der Waals surface area (Å²) < 4.78 is 5.04. The van der Waals surface area contributed by atoms with E-state index in [1.165, 1.54) is 0 Å². The van der Waals surface area contributed by atoms with Crippen molar-refractivity contribution in [2.24, 2.45) is 0 Å². The van der Waals surface area contributed by atoms with Crippen molar-refractivity contribution in [3.05, 3.63) is 96.1 Å². The maximum atomic E-state index is 12.3. The van der Waals surface area contributed by atoms with Crippen molar-refractivity contribution >= 4 is 18.0 Å². The Hall–Kier alpha value is -4.17. The summed E-state index contributed by atoms with van der Waals surface area (Å²) in [5.74, 6) is -1.81. The van der Waals surface area contributed by atoms with Gasteiger partial charge < -0.3 is 25.6 Å². The molecular formula is C27H28N2O6. The van der Waals surface area contributed by atoms with E-state index in [2.05, 4.69) is 10.6 Å². The maximum absolute atomic E-state index is 12.3. The Balaban J connectivity index is 1.43. The van der Waals surface area contributed by atoms with Crippen LogP contribution in [-0.2, 0) is 27.4 Å². The molecule has 0 aromatic heterocycles. The summed E-state index contributed by atoms with van der Waals surface area (Å²) in [5.41, 5.74) is 3.62. The number of aliphatic hydroxyl groups excluding tert-OH is 1. The Bertz CT molecular complexity index is 1100. The predicted molar refractivity (Wildman–Crippen MR) is 130 cm³/mol. The molecule has 3 rings (SSSR count). The van der Waals surface area contributed by atoms with Crippen molar-refractivity contribution in [1.29, 1.82) is 0 Å². The highest BCUT2D eigenvalue weighted by atomic mass is 16.5. The Kier molecular flexibility index (Phi) is 9.39. The van der Waals surface area contributed by atoms with Gasteiger partial charge >= 0.3 is 12.1 Å². The standard InChI is InChI=1S/C27H28N2O6/c30-23(17-28-27(34)35-18-20-7-3-1-4-8-20)16-25(31)29-24(26(32)33)15-19-11-13-22(14-12-19)21-9-5-2-6-10-21/h1-14,23-24,30H,15-18H2,(H,28,34)(H,29,31)(H,32,33)/t23-,24+/m0/s1. The largest absolute Gasteiger partial charge is 0.480 e. The molecular weight excluding hydrogens is 448 g/mol. The minimum absolute atomic E-state index is 0.0792. The summed E-state index contributed by atoms with van der Waals surface area (Å²) in [6, 6.07) is 25.2. The molecule has 182 valence electrons. The molecule has 0 bridgehead atoms.